The average molecular weight is 265 g/mol. The van der Waals surface area contributed by atoms with Gasteiger partial charge in [-0.2, -0.15) is 0 Å². The van der Waals surface area contributed by atoms with Crippen molar-refractivity contribution in [2.75, 3.05) is 19.6 Å². The van der Waals surface area contributed by atoms with E-state index in [2.05, 4.69) is 22.1 Å². The van der Waals surface area contributed by atoms with Crippen LogP contribution in [0.15, 0.2) is 5.51 Å². The molecule has 1 saturated heterocycles. The summed E-state index contributed by atoms with van der Waals surface area (Å²) in [4.78, 5) is 8.55. The maximum absolute atomic E-state index is 4.38. The van der Waals surface area contributed by atoms with Crippen molar-refractivity contribution in [2.45, 2.75) is 45.2 Å². The SMILES string of the molecule is Cc1ncsc1CN(CC1CCCNC1)C1CC1. The summed E-state index contributed by atoms with van der Waals surface area (Å²) in [7, 11) is 0. The quantitative estimate of drug-likeness (QED) is 0.886. The normalized spacial score (nSPS) is 24.7. The maximum atomic E-state index is 4.38. The van der Waals surface area contributed by atoms with Crippen LogP contribution in [-0.2, 0) is 6.54 Å². The first-order valence-corrected chi connectivity index (χ1v) is 8.04. The highest BCUT2D eigenvalue weighted by Gasteiger charge is 2.31. The van der Waals surface area contributed by atoms with Gasteiger partial charge in [-0.05, 0) is 51.6 Å². The van der Waals surface area contributed by atoms with E-state index in [-0.39, 0.29) is 0 Å². The summed E-state index contributed by atoms with van der Waals surface area (Å²) >= 11 is 1.82. The molecule has 2 fully saturated rings. The number of aromatic nitrogens is 1. The molecule has 18 heavy (non-hydrogen) atoms. The Morgan fingerprint density at radius 1 is 1.44 bits per heavy atom. The fraction of sp³-hybridized carbons (Fsp3) is 0.786. The molecule has 3 rings (SSSR count). The molecule has 0 bridgehead atoms. The molecule has 2 aliphatic rings. The van der Waals surface area contributed by atoms with E-state index in [1.165, 1.54) is 55.9 Å². The van der Waals surface area contributed by atoms with Gasteiger partial charge < -0.3 is 5.32 Å². The summed E-state index contributed by atoms with van der Waals surface area (Å²) in [5, 5.41) is 3.53. The van der Waals surface area contributed by atoms with Gasteiger partial charge in [0.05, 0.1) is 11.2 Å². The molecule has 2 heterocycles. The van der Waals surface area contributed by atoms with E-state index in [0.29, 0.717) is 0 Å². The van der Waals surface area contributed by atoms with Gasteiger partial charge in [-0.1, -0.05) is 0 Å². The second-order valence-electron chi connectivity index (χ2n) is 5.73. The molecule has 0 spiro atoms. The first kappa shape index (κ1) is 12.6. The number of hydrogen-bond acceptors (Lipinski definition) is 4. The number of nitrogens with zero attached hydrogens (tertiary/aromatic N) is 2. The Morgan fingerprint density at radius 2 is 2.33 bits per heavy atom. The van der Waals surface area contributed by atoms with Gasteiger partial charge in [-0.3, -0.25) is 4.90 Å². The van der Waals surface area contributed by atoms with Crippen LogP contribution in [0.3, 0.4) is 0 Å². The standard InChI is InChI=1S/C14H23N3S/c1-11-14(18-10-16-11)9-17(13-4-5-13)8-12-3-2-6-15-7-12/h10,12-13,15H,2-9H2,1H3. The average Bonchev–Trinajstić information content (AvgIpc) is 3.16. The summed E-state index contributed by atoms with van der Waals surface area (Å²) < 4.78 is 0. The predicted octanol–water partition coefficient (Wildman–Crippen LogP) is 2.42. The molecule has 1 N–H and O–H groups in total. The monoisotopic (exact) mass is 265 g/mol. The summed E-state index contributed by atoms with van der Waals surface area (Å²) in [6.07, 6.45) is 5.55. The molecule has 4 heteroatoms. The Kier molecular flexibility index (Phi) is 3.97. The highest BCUT2D eigenvalue weighted by molar-refractivity contribution is 7.09. The van der Waals surface area contributed by atoms with Crippen molar-refractivity contribution in [3.05, 3.63) is 16.1 Å². The number of piperidine rings is 1. The van der Waals surface area contributed by atoms with Crippen LogP contribution in [0.25, 0.3) is 0 Å². The fourth-order valence-corrected chi connectivity index (χ4v) is 3.66. The molecule has 1 aromatic rings. The lowest BCUT2D eigenvalue weighted by Crippen LogP contribution is -2.39. The third kappa shape index (κ3) is 3.11. The number of nitrogens with one attached hydrogen (secondary N) is 1. The van der Waals surface area contributed by atoms with E-state index in [9.17, 15) is 0 Å². The lowest BCUT2D eigenvalue weighted by Gasteiger charge is -2.30. The fourth-order valence-electron chi connectivity index (χ4n) is 2.86. The van der Waals surface area contributed by atoms with Crippen LogP contribution in [-0.4, -0.2) is 35.6 Å². The van der Waals surface area contributed by atoms with Crippen molar-refractivity contribution >= 4 is 11.3 Å². The molecule has 1 atom stereocenters. The van der Waals surface area contributed by atoms with Gasteiger partial charge in [0.2, 0.25) is 0 Å². The van der Waals surface area contributed by atoms with Gasteiger partial charge >= 0.3 is 0 Å². The zero-order valence-electron chi connectivity index (χ0n) is 11.2. The largest absolute Gasteiger partial charge is 0.316 e. The maximum Gasteiger partial charge on any atom is 0.0798 e. The Labute approximate surface area is 114 Å². The van der Waals surface area contributed by atoms with Crippen molar-refractivity contribution in [3.63, 3.8) is 0 Å². The molecule has 1 aliphatic heterocycles. The highest BCUT2D eigenvalue weighted by atomic mass is 32.1. The molecular weight excluding hydrogens is 242 g/mol. The van der Waals surface area contributed by atoms with Gasteiger partial charge in [0.1, 0.15) is 0 Å². The molecule has 0 amide bonds. The van der Waals surface area contributed by atoms with Crippen LogP contribution < -0.4 is 5.32 Å². The van der Waals surface area contributed by atoms with Gasteiger partial charge in [0.15, 0.2) is 0 Å². The molecular formula is C14H23N3S. The summed E-state index contributed by atoms with van der Waals surface area (Å²) in [6.45, 7) is 6.96. The minimum Gasteiger partial charge on any atom is -0.316 e. The molecule has 1 unspecified atom stereocenters. The number of hydrogen-bond donors (Lipinski definition) is 1. The van der Waals surface area contributed by atoms with Crippen LogP contribution >= 0.6 is 11.3 Å². The first-order chi connectivity index (χ1) is 8.83. The Bertz CT molecular complexity index is 380. The third-order valence-electron chi connectivity index (χ3n) is 4.15. The molecule has 0 aromatic carbocycles. The summed E-state index contributed by atoms with van der Waals surface area (Å²) in [5.41, 5.74) is 3.21. The van der Waals surface area contributed by atoms with Crippen LogP contribution in [0.4, 0.5) is 0 Å². The molecule has 3 nitrogen and oxygen atoms in total. The molecule has 1 aliphatic carbocycles. The highest BCUT2D eigenvalue weighted by Crippen LogP contribution is 2.31. The topological polar surface area (TPSA) is 28.2 Å². The lowest BCUT2D eigenvalue weighted by molar-refractivity contribution is 0.194. The van der Waals surface area contributed by atoms with Gasteiger partial charge in [0, 0.05) is 24.0 Å². The van der Waals surface area contributed by atoms with Crippen molar-refractivity contribution in [1.29, 1.82) is 0 Å². The number of thiazole rings is 1. The van der Waals surface area contributed by atoms with Crippen molar-refractivity contribution in [3.8, 4) is 0 Å². The van der Waals surface area contributed by atoms with Gasteiger partial charge in [-0.15, -0.1) is 11.3 Å². The predicted molar refractivity (Wildman–Crippen MR) is 75.9 cm³/mol. The van der Waals surface area contributed by atoms with E-state index in [4.69, 9.17) is 0 Å². The van der Waals surface area contributed by atoms with Crippen LogP contribution in [0, 0.1) is 12.8 Å². The van der Waals surface area contributed by atoms with Gasteiger partial charge in [-0.25, -0.2) is 4.98 Å². The molecule has 1 aromatic heterocycles. The molecule has 100 valence electrons. The third-order valence-corrected chi connectivity index (χ3v) is 5.07. The minimum absolute atomic E-state index is 0.854. The van der Waals surface area contributed by atoms with E-state index < -0.39 is 0 Å². The second kappa shape index (κ2) is 5.68. The zero-order valence-corrected chi connectivity index (χ0v) is 12.0. The van der Waals surface area contributed by atoms with Crippen molar-refractivity contribution < 1.29 is 0 Å². The lowest BCUT2D eigenvalue weighted by atomic mass is 9.99. The van der Waals surface area contributed by atoms with E-state index in [0.717, 1.165) is 18.5 Å². The number of rotatable bonds is 5. The van der Waals surface area contributed by atoms with E-state index in [1.807, 2.05) is 16.8 Å². The summed E-state index contributed by atoms with van der Waals surface area (Å²) in [6, 6.07) is 0.855. The number of aryl methyl sites for hydroxylation is 1. The Balaban J connectivity index is 1.59. The van der Waals surface area contributed by atoms with Crippen LogP contribution in [0.5, 0.6) is 0 Å². The van der Waals surface area contributed by atoms with Crippen LogP contribution in [0.2, 0.25) is 0 Å². The van der Waals surface area contributed by atoms with Crippen LogP contribution in [0.1, 0.15) is 36.3 Å². The van der Waals surface area contributed by atoms with Gasteiger partial charge in [0.25, 0.3) is 0 Å². The summed E-state index contributed by atoms with van der Waals surface area (Å²) in [5.74, 6) is 0.854. The Morgan fingerprint density at radius 3 is 2.94 bits per heavy atom. The minimum atomic E-state index is 0.854. The zero-order chi connectivity index (χ0) is 12.4. The van der Waals surface area contributed by atoms with Crippen molar-refractivity contribution in [2.24, 2.45) is 5.92 Å². The molecule has 1 saturated carbocycles. The smallest absolute Gasteiger partial charge is 0.0798 e. The second-order valence-corrected chi connectivity index (χ2v) is 6.67. The van der Waals surface area contributed by atoms with E-state index in [1.54, 1.807) is 0 Å². The van der Waals surface area contributed by atoms with Crippen molar-refractivity contribution in [1.82, 2.24) is 15.2 Å². The first-order valence-electron chi connectivity index (χ1n) is 7.16. The Hall–Kier alpha value is -0.450. The van der Waals surface area contributed by atoms with E-state index >= 15 is 0 Å². The molecule has 0 radical (unpaired) electrons.